The van der Waals surface area contributed by atoms with E-state index in [2.05, 4.69) is 5.32 Å². The standard InChI is InChI=1S/C30H33FN2O5/c1-18(32)22-8-4-9-23(29(22)31)20-14-24-27(38-26-10-3-2-6-19(26)16-28(34)35)11-13-37-30(24)25(15-20)33-17-21-7-5-12-36-21/h2-4,6,8-10,14-15,18,21,27,33H,5,7,11-13,16-17,32H2,1H3,(H,34,35)/t18-,21?,27?/m1/s1. The predicted molar refractivity (Wildman–Crippen MR) is 143 cm³/mol. The van der Waals surface area contributed by atoms with Crippen molar-refractivity contribution in [3.63, 3.8) is 0 Å². The molecule has 0 aliphatic carbocycles. The second-order valence-corrected chi connectivity index (χ2v) is 9.88. The molecule has 7 nitrogen and oxygen atoms in total. The van der Waals surface area contributed by atoms with Gasteiger partial charge in [0.05, 0.1) is 24.8 Å². The molecule has 2 aliphatic heterocycles. The largest absolute Gasteiger partial charge is 0.491 e. The van der Waals surface area contributed by atoms with Crippen molar-refractivity contribution in [1.82, 2.24) is 0 Å². The Morgan fingerprint density at radius 1 is 1.18 bits per heavy atom. The fraction of sp³-hybridized carbons (Fsp3) is 0.367. The lowest BCUT2D eigenvalue weighted by Gasteiger charge is -2.30. The SMILES string of the molecule is C[C@@H](N)c1cccc(-c2cc(NCC3CCCO3)c3c(c2)C(Oc2ccccc2CC(=O)O)CCO3)c1F. The van der Waals surface area contributed by atoms with Crippen LogP contribution >= 0.6 is 0 Å². The molecule has 200 valence electrons. The van der Waals surface area contributed by atoms with E-state index in [1.165, 1.54) is 0 Å². The average molecular weight is 521 g/mol. The van der Waals surface area contributed by atoms with Crippen LogP contribution in [0.4, 0.5) is 10.1 Å². The summed E-state index contributed by atoms with van der Waals surface area (Å²) in [5, 5.41) is 12.8. The molecule has 0 aromatic heterocycles. The van der Waals surface area contributed by atoms with Crippen LogP contribution in [0, 0.1) is 5.82 Å². The van der Waals surface area contributed by atoms with Gasteiger partial charge in [0.15, 0.2) is 0 Å². The number of nitrogens with one attached hydrogen (secondary N) is 1. The minimum absolute atomic E-state index is 0.103. The van der Waals surface area contributed by atoms with Crippen LogP contribution in [-0.4, -0.2) is 36.9 Å². The molecule has 0 radical (unpaired) electrons. The topological polar surface area (TPSA) is 103 Å². The molecule has 3 aromatic rings. The number of benzene rings is 3. The summed E-state index contributed by atoms with van der Waals surface area (Å²) in [7, 11) is 0. The summed E-state index contributed by atoms with van der Waals surface area (Å²) in [6.45, 7) is 3.55. The highest BCUT2D eigenvalue weighted by Crippen LogP contribution is 2.44. The van der Waals surface area contributed by atoms with E-state index in [4.69, 9.17) is 19.9 Å². The lowest BCUT2D eigenvalue weighted by molar-refractivity contribution is -0.136. The molecule has 4 N–H and O–H groups in total. The third-order valence-electron chi connectivity index (χ3n) is 7.05. The van der Waals surface area contributed by atoms with Crippen LogP contribution in [0.15, 0.2) is 54.6 Å². The first-order valence-electron chi connectivity index (χ1n) is 13.1. The zero-order valence-electron chi connectivity index (χ0n) is 21.4. The number of aliphatic carboxylic acids is 1. The normalized spacial score (nSPS) is 19.3. The van der Waals surface area contributed by atoms with E-state index in [9.17, 15) is 9.90 Å². The van der Waals surface area contributed by atoms with Crippen LogP contribution in [0.25, 0.3) is 11.1 Å². The smallest absolute Gasteiger partial charge is 0.307 e. The molecular formula is C30H33FN2O5. The van der Waals surface area contributed by atoms with Crippen molar-refractivity contribution in [2.45, 2.75) is 50.9 Å². The Hall–Kier alpha value is -3.62. The van der Waals surface area contributed by atoms with Gasteiger partial charge in [-0.2, -0.15) is 0 Å². The number of hydrogen-bond acceptors (Lipinski definition) is 6. The number of anilines is 1. The molecule has 3 aromatic carbocycles. The zero-order valence-corrected chi connectivity index (χ0v) is 21.4. The molecule has 38 heavy (non-hydrogen) atoms. The number of para-hydroxylation sites is 1. The van der Waals surface area contributed by atoms with Crippen LogP contribution in [0.3, 0.4) is 0 Å². The number of fused-ring (bicyclic) bond motifs is 1. The van der Waals surface area contributed by atoms with E-state index in [0.29, 0.717) is 53.3 Å². The predicted octanol–water partition coefficient (Wildman–Crippen LogP) is 5.63. The van der Waals surface area contributed by atoms with E-state index in [-0.39, 0.29) is 18.3 Å². The Morgan fingerprint density at radius 3 is 2.79 bits per heavy atom. The molecule has 2 aliphatic rings. The summed E-state index contributed by atoms with van der Waals surface area (Å²) < 4.78 is 33.9. The average Bonchev–Trinajstić information content (AvgIpc) is 3.42. The molecule has 0 amide bonds. The van der Waals surface area contributed by atoms with Crippen LogP contribution < -0.4 is 20.5 Å². The van der Waals surface area contributed by atoms with E-state index in [0.717, 1.165) is 30.7 Å². The number of carbonyl (C=O) groups is 1. The molecule has 1 fully saturated rings. The minimum atomic E-state index is -0.930. The molecule has 8 heteroatoms. The number of ether oxygens (including phenoxy) is 3. The zero-order chi connectivity index (χ0) is 26.6. The van der Waals surface area contributed by atoms with Gasteiger partial charge in [-0.3, -0.25) is 4.79 Å². The highest BCUT2D eigenvalue weighted by atomic mass is 19.1. The first kappa shape index (κ1) is 26.0. The second-order valence-electron chi connectivity index (χ2n) is 9.88. The van der Waals surface area contributed by atoms with Gasteiger partial charge in [0, 0.05) is 47.9 Å². The fourth-order valence-corrected chi connectivity index (χ4v) is 5.12. The Kier molecular flexibility index (Phi) is 7.81. The number of carboxylic acids is 1. The number of halogens is 1. The van der Waals surface area contributed by atoms with Crippen molar-refractivity contribution in [2.24, 2.45) is 5.73 Å². The lowest BCUT2D eigenvalue weighted by Crippen LogP contribution is -2.23. The van der Waals surface area contributed by atoms with Crippen molar-refractivity contribution in [3.05, 3.63) is 77.1 Å². The number of nitrogens with two attached hydrogens (primary N) is 1. The van der Waals surface area contributed by atoms with Crippen LogP contribution in [0.1, 0.15) is 55.0 Å². The molecule has 0 spiro atoms. The van der Waals surface area contributed by atoms with Gasteiger partial charge in [-0.25, -0.2) is 4.39 Å². The van der Waals surface area contributed by atoms with Gasteiger partial charge in [-0.05, 0) is 43.5 Å². The summed E-state index contributed by atoms with van der Waals surface area (Å²) in [6, 6.07) is 15.8. The lowest BCUT2D eigenvalue weighted by atomic mass is 9.93. The van der Waals surface area contributed by atoms with E-state index >= 15 is 4.39 Å². The van der Waals surface area contributed by atoms with Crippen molar-refractivity contribution in [1.29, 1.82) is 0 Å². The first-order valence-corrected chi connectivity index (χ1v) is 13.1. The Morgan fingerprint density at radius 2 is 2.03 bits per heavy atom. The summed E-state index contributed by atoms with van der Waals surface area (Å²) in [5.74, 6) is -0.117. The van der Waals surface area contributed by atoms with Gasteiger partial charge >= 0.3 is 5.97 Å². The van der Waals surface area contributed by atoms with Gasteiger partial charge in [-0.1, -0.05) is 36.4 Å². The van der Waals surface area contributed by atoms with Gasteiger partial charge in [0.2, 0.25) is 0 Å². The molecule has 2 heterocycles. The van der Waals surface area contributed by atoms with Crippen LogP contribution in [-0.2, 0) is 16.0 Å². The van der Waals surface area contributed by atoms with Crippen molar-refractivity contribution >= 4 is 11.7 Å². The summed E-state index contributed by atoms with van der Waals surface area (Å²) >= 11 is 0. The van der Waals surface area contributed by atoms with Gasteiger partial charge in [-0.15, -0.1) is 0 Å². The third-order valence-corrected chi connectivity index (χ3v) is 7.05. The highest BCUT2D eigenvalue weighted by molar-refractivity contribution is 5.76. The van der Waals surface area contributed by atoms with Crippen LogP contribution in [0.2, 0.25) is 0 Å². The van der Waals surface area contributed by atoms with Gasteiger partial charge < -0.3 is 30.4 Å². The highest BCUT2D eigenvalue weighted by Gasteiger charge is 2.29. The van der Waals surface area contributed by atoms with E-state index in [1.54, 1.807) is 37.3 Å². The molecule has 5 rings (SSSR count). The van der Waals surface area contributed by atoms with Gasteiger partial charge in [0.1, 0.15) is 23.4 Å². The summed E-state index contributed by atoms with van der Waals surface area (Å²) in [4.78, 5) is 11.4. The fourth-order valence-electron chi connectivity index (χ4n) is 5.12. The maximum Gasteiger partial charge on any atom is 0.307 e. The van der Waals surface area contributed by atoms with Crippen molar-refractivity contribution < 1.29 is 28.5 Å². The van der Waals surface area contributed by atoms with Crippen molar-refractivity contribution in [2.75, 3.05) is 25.1 Å². The minimum Gasteiger partial charge on any atom is -0.491 e. The molecule has 0 saturated carbocycles. The monoisotopic (exact) mass is 520 g/mol. The van der Waals surface area contributed by atoms with E-state index < -0.39 is 18.1 Å². The molecule has 0 bridgehead atoms. The summed E-state index contributed by atoms with van der Waals surface area (Å²) in [6.07, 6.45) is 2.12. The van der Waals surface area contributed by atoms with Crippen molar-refractivity contribution in [3.8, 4) is 22.6 Å². The Labute approximate surface area is 221 Å². The Balaban J connectivity index is 1.56. The number of carboxylic acid groups (broad SMARTS) is 1. The number of hydrogen-bond donors (Lipinski definition) is 3. The maximum atomic E-state index is 15.6. The van der Waals surface area contributed by atoms with E-state index in [1.807, 2.05) is 24.3 Å². The third kappa shape index (κ3) is 5.61. The molecule has 2 unspecified atom stereocenters. The second kappa shape index (κ2) is 11.4. The molecule has 3 atom stereocenters. The quantitative estimate of drug-likeness (QED) is 0.336. The number of rotatable bonds is 9. The van der Waals surface area contributed by atoms with Gasteiger partial charge in [0.25, 0.3) is 0 Å². The first-order chi connectivity index (χ1) is 18.4. The maximum absolute atomic E-state index is 15.6. The van der Waals surface area contributed by atoms with Crippen LogP contribution in [0.5, 0.6) is 11.5 Å². The summed E-state index contributed by atoms with van der Waals surface area (Å²) in [5.41, 5.74) is 9.71. The Bertz CT molecular complexity index is 1310. The molecular weight excluding hydrogens is 487 g/mol. The molecule has 1 saturated heterocycles.